The molecule has 0 aliphatic heterocycles. The predicted octanol–water partition coefficient (Wildman–Crippen LogP) is 3.19. The summed E-state index contributed by atoms with van der Waals surface area (Å²) in [5.41, 5.74) is 1.10. The summed E-state index contributed by atoms with van der Waals surface area (Å²) in [6.45, 7) is 1.96. The molecule has 2 heterocycles. The third kappa shape index (κ3) is 3.57. The van der Waals surface area contributed by atoms with Gasteiger partial charge in [-0.05, 0) is 30.7 Å². The first-order valence-corrected chi connectivity index (χ1v) is 6.47. The largest absolute Gasteiger partial charge is 0.305 e. The first kappa shape index (κ1) is 13.6. The van der Waals surface area contributed by atoms with Crippen molar-refractivity contribution in [3.63, 3.8) is 0 Å². The standard InChI is InChI=1S/C13H11BrFN3O/c1-2-10-5-8(14)6-11(17-10)13(19)18-12-4-3-9(15)7-16-12/h3-7H,2H2,1H3,(H,16,18,19). The van der Waals surface area contributed by atoms with Gasteiger partial charge in [-0.1, -0.05) is 22.9 Å². The second kappa shape index (κ2) is 5.88. The maximum Gasteiger partial charge on any atom is 0.275 e. The number of aryl methyl sites for hydroxylation is 1. The number of carbonyl (C=O) groups is 1. The number of rotatable bonds is 3. The van der Waals surface area contributed by atoms with Crippen LogP contribution in [0.25, 0.3) is 0 Å². The number of pyridine rings is 2. The van der Waals surface area contributed by atoms with Crippen LogP contribution in [0.5, 0.6) is 0 Å². The zero-order valence-electron chi connectivity index (χ0n) is 10.2. The van der Waals surface area contributed by atoms with Crippen molar-refractivity contribution >= 4 is 27.7 Å². The number of carbonyl (C=O) groups excluding carboxylic acids is 1. The lowest BCUT2D eigenvalue weighted by molar-refractivity contribution is 0.102. The Morgan fingerprint density at radius 1 is 1.42 bits per heavy atom. The van der Waals surface area contributed by atoms with Crippen molar-refractivity contribution in [3.8, 4) is 0 Å². The SMILES string of the molecule is CCc1cc(Br)cc(C(=O)Nc2ccc(F)cn2)n1. The van der Waals surface area contributed by atoms with E-state index in [0.717, 1.165) is 22.8 Å². The highest BCUT2D eigenvalue weighted by molar-refractivity contribution is 9.10. The van der Waals surface area contributed by atoms with Gasteiger partial charge in [0.25, 0.3) is 5.91 Å². The third-order valence-electron chi connectivity index (χ3n) is 2.41. The lowest BCUT2D eigenvalue weighted by Gasteiger charge is -2.06. The van der Waals surface area contributed by atoms with E-state index in [0.29, 0.717) is 0 Å². The molecule has 1 amide bonds. The van der Waals surface area contributed by atoms with E-state index >= 15 is 0 Å². The molecule has 2 aromatic rings. The van der Waals surface area contributed by atoms with Gasteiger partial charge in [0.15, 0.2) is 0 Å². The molecular weight excluding hydrogens is 313 g/mol. The summed E-state index contributed by atoms with van der Waals surface area (Å²) in [6.07, 6.45) is 1.77. The number of amides is 1. The fraction of sp³-hybridized carbons (Fsp3) is 0.154. The second-order valence-corrected chi connectivity index (χ2v) is 4.75. The van der Waals surface area contributed by atoms with E-state index in [-0.39, 0.29) is 17.4 Å². The van der Waals surface area contributed by atoms with Crippen LogP contribution in [0, 0.1) is 5.82 Å². The molecule has 0 spiro atoms. The van der Waals surface area contributed by atoms with Crippen molar-refractivity contribution in [3.05, 3.63) is 52.1 Å². The Morgan fingerprint density at radius 2 is 2.21 bits per heavy atom. The van der Waals surface area contributed by atoms with Gasteiger partial charge < -0.3 is 5.32 Å². The molecule has 0 bridgehead atoms. The van der Waals surface area contributed by atoms with Gasteiger partial charge >= 0.3 is 0 Å². The Hall–Kier alpha value is -1.82. The summed E-state index contributed by atoms with van der Waals surface area (Å²) in [7, 11) is 0. The highest BCUT2D eigenvalue weighted by atomic mass is 79.9. The second-order valence-electron chi connectivity index (χ2n) is 3.83. The van der Waals surface area contributed by atoms with Crippen LogP contribution in [0.3, 0.4) is 0 Å². The number of nitrogens with one attached hydrogen (secondary N) is 1. The van der Waals surface area contributed by atoms with Gasteiger partial charge in [0, 0.05) is 10.2 Å². The minimum Gasteiger partial charge on any atom is -0.305 e. The molecule has 0 saturated carbocycles. The van der Waals surface area contributed by atoms with Gasteiger partial charge in [-0.2, -0.15) is 0 Å². The first-order valence-electron chi connectivity index (χ1n) is 5.68. The minimum atomic E-state index is -0.452. The van der Waals surface area contributed by atoms with E-state index in [2.05, 4.69) is 31.2 Å². The molecule has 0 aliphatic rings. The van der Waals surface area contributed by atoms with Crippen molar-refractivity contribution in [1.29, 1.82) is 0 Å². The van der Waals surface area contributed by atoms with Crippen molar-refractivity contribution in [2.45, 2.75) is 13.3 Å². The zero-order chi connectivity index (χ0) is 13.8. The van der Waals surface area contributed by atoms with Crippen molar-refractivity contribution in [1.82, 2.24) is 9.97 Å². The van der Waals surface area contributed by atoms with E-state index in [9.17, 15) is 9.18 Å². The smallest absolute Gasteiger partial charge is 0.275 e. The molecule has 0 saturated heterocycles. The fourth-order valence-electron chi connectivity index (χ4n) is 1.48. The van der Waals surface area contributed by atoms with Crippen LogP contribution in [0.15, 0.2) is 34.9 Å². The Kier molecular flexibility index (Phi) is 4.21. The summed E-state index contributed by atoms with van der Waals surface area (Å²) >= 11 is 3.33. The van der Waals surface area contributed by atoms with Gasteiger partial charge in [-0.15, -0.1) is 0 Å². The lowest BCUT2D eigenvalue weighted by atomic mass is 10.2. The van der Waals surface area contributed by atoms with Crippen molar-refractivity contribution in [2.75, 3.05) is 5.32 Å². The maximum absolute atomic E-state index is 12.7. The number of nitrogens with zero attached hydrogens (tertiary/aromatic N) is 2. The van der Waals surface area contributed by atoms with Crippen LogP contribution in [0.2, 0.25) is 0 Å². The van der Waals surface area contributed by atoms with Crippen LogP contribution in [-0.4, -0.2) is 15.9 Å². The molecule has 0 unspecified atom stereocenters. The molecule has 6 heteroatoms. The molecule has 4 nitrogen and oxygen atoms in total. The molecule has 0 fully saturated rings. The molecule has 1 N–H and O–H groups in total. The van der Waals surface area contributed by atoms with Crippen LogP contribution >= 0.6 is 15.9 Å². The Balaban J connectivity index is 2.20. The average Bonchev–Trinajstić information content (AvgIpc) is 2.40. The van der Waals surface area contributed by atoms with Gasteiger partial charge in [-0.25, -0.2) is 14.4 Å². The Bertz CT molecular complexity index is 601. The molecule has 19 heavy (non-hydrogen) atoms. The summed E-state index contributed by atoms with van der Waals surface area (Å²) in [6, 6.07) is 6.10. The van der Waals surface area contributed by atoms with Gasteiger partial charge in [0.1, 0.15) is 17.3 Å². The molecule has 0 aliphatic carbocycles. The average molecular weight is 324 g/mol. The fourth-order valence-corrected chi connectivity index (χ4v) is 1.96. The number of anilines is 1. The zero-order valence-corrected chi connectivity index (χ0v) is 11.7. The summed E-state index contributed by atoms with van der Waals surface area (Å²) in [5, 5.41) is 2.56. The lowest BCUT2D eigenvalue weighted by Crippen LogP contribution is -2.15. The van der Waals surface area contributed by atoms with Gasteiger partial charge in [-0.3, -0.25) is 4.79 Å². The van der Waals surface area contributed by atoms with Crippen LogP contribution in [0.1, 0.15) is 23.1 Å². The minimum absolute atomic E-state index is 0.284. The number of halogens is 2. The topological polar surface area (TPSA) is 54.9 Å². The highest BCUT2D eigenvalue weighted by Crippen LogP contribution is 2.14. The Labute approximate surface area is 118 Å². The van der Waals surface area contributed by atoms with Crippen LogP contribution in [0.4, 0.5) is 10.2 Å². The molecule has 0 aromatic carbocycles. The van der Waals surface area contributed by atoms with Gasteiger partial charge in [0.2, 0.25) is 0 Å². The molecule has 2 rings (SSSR count). The van der Waals surface area contributed by atoms with Gasteiger partial charge in [0.05, 0.1) is 6.20 Å². The van der Waals surface area contributed by atoms with E-state index in [4.69, 9.17) is 0 Å². The molecular formula is C13H11BrFN3O. The van der Waals surface area contributed by atoms with E-state index in [1.54, 1.807) is 6.07 Å². The number of hydrogen-bond acceptors (Lipinski definition) is 3. The maximum atomic E-state index is 12.7. The highest BCUT2D eigenvalue weighted by Gasteiger charge is 2.10. The summed E-state index contributed by atoms with van der Waals surface area (Å²) in [5.74, 6) is -0.548. The third-order valence-corrected chi connectivity index (χ3v) is 2.86. The molecule has 2 aromatic heterocycles. The quantitative estimate of drug-likeness (QED) is 0.943. The van der Waals surface area contributed by atoms with E-state index in [1.165, 1.54) is 12.1 Å². The van der Waals surface area contributed by atoms with Crippen molar-refractivity contribution in [2.24, 2.45) is 0 Å². The van der Waals surface area contributed by atoms with Crippen molar-refractivity contribution < 1.29 is 9.18 Å². The number of hydrogen-bond donors (Lipinski definition) is 1. The summed E-state index contributed by atoms with van der Waals surface area (Å²) < 4.78 is 13.5. The van der Waals surface area contributed by atoms with E-state index < -0.39 is 5.82 Å². The Morgan fingerprint density at radius 3 is 2.84 bits per heavy atom. The summed E-state index contributed by atoms with van der Waals surface area (Å²) in [4.78, 5) is 20.0. The van der Waals surface area contributed by atoms with Crippen LogP contribution in [-0.2, 0) is 6.42 Å². The number of aromatic nitrogens is 2. The first-order chi connectivity index (χ1) is 9.08. The monoisotopic (exact) mass is 323 g/mol. The predicted molar refractivity (Wildman–Crippen MR) is 73.5 cm³/mol. The molecule has 98 valence electrons. The molecule has 0 radical (unpaired) electrons. The van der Waals surface area contributed by atoms with Crippen LogP contribution < -0.4 is 5.32 Å². The normalized spacial score (nSPS) is 10.3. The van der Waals surface area contributed by atoms with E-state index in [1.807, 2.05) is 13.0 Å². The molecule has 0 atom stereocenters.